The van der Waals surface area contributed by atoms with Gasteiger partial charge in [-0.2, -0.15) is 0 Å². The monoisotopic (exact) mass is 462 g/mol. The van der Waals surface area contributed by atoms with Crippen LogP contribution in [-0.4, -0.2) is 38.2 Å². The third kappa shape index (κ3) is 3.27. The lowest BCUT2D eigenvalue weighted by atomic mass is 9.67. The van der Waals surface area contributed by atoms with E-state index in [1.165, 1.54) is 24.6 Å². The Morgan fingerprint density at radius 1 is 1.10 bits per heavy atom. The Bertz CT molecular complexity index is 1090. The fraction of sp³-hybridized carbons (Fsp3) is 0.476. The number of anilines is 1. The quantitative estimate of drug-likeness (QED) is 0.585. The first kappa shape index (κ1) is 20.4. The largest absolute Gasteiger partial charge is 0.342 e. The molecule has 0 bridgehead atoms. The lowest BCUT2D eigenvalue weighted by Gasteiger charge is -2.47. The number of hydrogen-bond acceptors (Lipinski definition) is 6. The molecule has 30 heavy (non-hydrogen) atoms. The van der Waals surface area contributed by atoms with Gasteiger partial charge >= 0.3 is 0 Å². The Balaban J connectivity index is 1.42. The van der Waals surface area contributed by atoms with E-state index in [-0.39, 0.29) is 11.0 Å². The van der Waals surface area contributed by atoms with E-state index in [4.69, 9.17) is 33.9 Å². The highest BCUT2D eigenvalue weighted by Crippen LogP contribution is 2.51. The number of aromatic nitrogens is 4. The average molecular weight is 463 g/mol. The van der Waals surface area contributed by atoms with Crippen molar-refractivity contribution in [1.82, 2.24) is 19.6 Å². The molecule has 1 spiro atoms. The van der Waals surface area contributed by atoms with Crippen LogP contribution in [0, 0.1) is 5.41 Å². The van der Waals surface area contributed by atoms with Gasteiger partial charge in [-0.1, -0.05) is 47.5 Å². The summed E-state index contributed by atoms with van der Waals surface area (Å²) in [5.74, 6) is 0.878. The van der Waals surface area contributed by atoms with Crippen LogP contribution in [0.3, 0.4) is 0 Å². The fourth-order valence-electron chi connectivity index (χ4n) is 5.07. The molecule has 9 heteroatoms. The lowest BCUT2D eigenvalue weighted by molar-refractivity contribution is 0.130. The maximum absolute atomic E-state index is 6.68. The summed E-state index contributed by atoms with van der Waals surface area (Å²) >= 11 is 14.0. The molecule has 2 aromatic heterocycles. The molecule has 158 valence electrons. The Labute approximate surface area is 190 Å². The SMILES string of the molecule is CC1(N)CCCC12CCN(c1ncc(Sc3cccc(Cl)c3Cl)c3nncn13)CC2. The minimum absolute atomic E-state index is 0.0604. The maximum Gasteiger partial charge on any atom is 0.212 e. The topological polar surface area (TPSA) is 72.3 Å². The number of nitrogens with zero attached hydrogens (tertiary/aromatic N) is 5. The van der Waals surface area contributed by atoms with Crippen LogP contribution >= 0.6 is 35.0 Å². The van der Waals surface area contributed by atoms with E-state index in [9.17, 15) is 0 Å². The summed E-state index contributed by atoms with van der Waals surface area (Å²) in [6.45, 7) is 4.12. The van der Waals surface area contributed by atoms with Crippen LogP contribution in [0.1, 0.15) is 39.0 Å². The van der Waals surface area contributed by atoms with Crippen molar-refractivity contribution < 1.29 is 0 Å². The third-order valence-corrected chi connectivity index (χ3v) is 8.98. The van der Waals surface area contributed by atoms with Gasteiger partial charge in [0.15, 0.2) is 5.65 Å². The number of rotatable bonds is 3. The predicted molar refractivity (Wildman–Crippen MR) is 122 cm³/mol. The number of halogens is 2. The first-order valence-corrected chi connectivity index (χ1v) is 11.8. The van der Waals surface area contributed by atoms with Crippen molar-refractivity contribution in [2.75, 3.05) is 18.0 Å². The van der Waals surface area contributed by atoms with E-state index < -0.39 is 0 Å². The second-order valence-corrected chi connectivity index (χ2v) is 10.5. The van der Waals surface area contributed by atoms with Crippen molar-refractivity contribution >= 4 is 46.6 Å². The van der Waals surface area contributed by atoms with Crippen molar-refractivity contribution in [2.45, 2.75) is 54.4 Å². The van der Waals surface area contributed by atoms with Crippen molar-refractivity contribution in [3.63, 3.8) is 0 Å². The fourth-order valence-corrected chi connectivity index (χ4v) is 6.46. The molecule has 6 nitrogen and oxygen atoms in total. The summed E-state index contributed by atoms with van der Waals surface area (Å²) < 4.78 is 1.97. The molecule has 1 aliphatic heterocycles. The first-order valence-electron chi connectivity index (χ1n) is 10.2. The second kappa shape index (κ2) is 7.55. The van der Waals surface area contributed by atoms with Crippen molar-refractivity contribution in [3.05, 3.63) is 40.8 Å². The van der Waals surface area contributed by atoms with Crippen LogP contribution in [0.25, 0.3) is 5.65 Å². The van der Waals surface area contributed by atoms with Crippen LogP contribution < -0.4 is 10.6 Å². The predicted octanol–water partition coefficient (Wildman–Crippen LogP) is 5.07. The molecule has 1 unspecified atom stereocenters. The molecule has 2 N–H and O–H groups in total. The molecule has 1 atom stereocenters. The molecule has 3 aromatic rings. The van der Waals surface area contributed by atoms with E-state index in [0.717, 1.165) is 53.7 Å². The molecular weight excluding hydrogens is 439 g/mol. The van der Waals surface area contributed by atoms with Gasteiger partial charge in [-0.15, -0.1) is 10.2 Å². The van der Waals surface area contributed by atoms with Gasteiger partial charge in [-0.3, -0.25) is 0 Å². The Morgan fingerprint density at radius 3 is 2.63 bits per heavy atom. The zero-order chi connectivity index (χ0) is 20.9. The molecule has 1 aromatic carbocycles. The molecular formula is C21H24Cl2N6S. The van der Waals surface area contributed by atoms with E-state index >= 15 is 0 Å². The molecule has 1 saturated heterocycles. The summed E-state index contributed by atoms with van der Waals surface area (Å²) in [4.78, 5) is 8.87. The highest BCUT2D eigenvalue weighted by molar-refractivity contribution is 7.99. The molecule has 3 heterocycles. The second-order valence-electron chi connectivity index (χ2n) is 8.64. The van der Waals surface area contributed by atoms with Crippen LogP contribution in [0.4, 0.5) is 5.95 Å². The molecule has 1 saturated carbocycles. The molecule has 5 rings (SSSR count). The van der Waals surface area contributed by atoms with Crippen LogP contribution in [-0.2, 0) is 0 Å². The lowest BCUT2D eigenvalue weighted by Crippen LogP contribution is -2.54. The normalized spacial score (nSPS) is 23.5. The van der Waals surface area contributed by atoms with Gasteiger partial charge in [-0.05, 0) is 50.2 Å². The molecule has 2 fully saturated rings. The number of fused-ring (bicyclic) bond motifs is 1. The van der Waals surface area contributed by atoms with Gasteiger partial charge in [0.1, 0.15) is 6.33 Å². The Hall–Kier alpha value is -1.54. The molecule has 0 radical (unpaired) electrons. The summed E-state index contributed by atoms with van der Waals surface area (Å²) in [6, 6.07) is 5.61. The summed E-state index contributed by atoms with van der Waals surface area (Å²) in [6.07, 6.45) is 9.37. The van der Waals surface area contributed by atoms with Gasteiger partial charge in [0.05, 0.1) is 14.9 Å². The highest BCUT2D eigenvalue weighted by Gasteiger charge is 2.50. The summed E-state index contributed by atoms with van der Waals surface area (Å²) in [5.41, 5.74) is 7.65. The Morgan fingerprint density at radius 2 is 1.90 bits per heavy atom. The number of nitrogens with two attached hydrogens (primary N) is 1. The molecule has 1 aliphatic carbocycles. The van der Waals surface area contributed by atoms with Gasteiger partial charge in [0.2, 0.25) is 5.95 Å². The van der Waals surface area contributed by atoms with Crippen molar-refractivity contribution in [3.8, 4) is 0 Å². The van der Waals surface area contributed by atoms with E-state index in [1.54, 1.807) is 12.4 Å². The van der Waals surface area contributed by atoms with E-state index in [0.29, 0.717) is 10.0 Å². The minimum Gasteiger partial charge on any atom is -0.342 e. The number of hydrogen-bond donors (Lipinski definition) is 1. The van der Waals surface area contributed by atoms with Gasteiger partial charge < -0.3 is 10.6 Å². The zero-order valence-electron chi connectivity index (χ0n) is 16.8. The first-order chi connectivity index (χ1) is 14.4. The summed E-state index contributed by atoms with van der Waals surface area (Å²) in [5, 5.41) is 9.56. The third-order valence-electron chi connectivity index (χ3n) is 6.98. The van der Waals surface area contributed by atoms with Crippen LogP contribution in [0.2, 0.25) is 10.0 Å². The van der Waals surface area contributed by atoms with Crippen molar-refractivity contribution in [2.24, 2.45) is 11.1 Å². The molecule has 2 aliphatic rings. The average Bonchev–Trinajstić information content (AvgIpc) is 3.32. The van der Waals surface area contributed by atoms with Gasteiger partial charge in [0, 0.05) is 29.7 Å². The van der Waals surface area contributed by atoms with Gasteiger partial charge in [-0.25, -0.2) is 9.38 Å². The van der Waals surface area contributed by atoms with Crippen LogP contribution in [0.5, 0.6) is 0 Å². The van der Waals surface area contributed by atoms with Gasteiger partial charge in [0.25, 0.3) is 0 Å². The smallest absolute Gasteiger partial charge is 0.212 e. The van der Waals surface area contributed by atoms with Crippen LogP contribution in [0.15, 0.2) is 40.5 Å². The minimum atomic E-state index is -0.0604. The van der Waals surface area contributed by atoms with E-state index in [2.05, 4.69) is 22.0 Å². The van der Waals surface area contributed by atoms with E-state index in [1.807, 2.05) is 22.7 Å². The zero-order valence-corrected chi connectivity index (χ0v) is 19.1. The number of benzene rings is 1. The standard InChI is InChI=1S/C21H24Cl2N6S/c1-20(24)6-3-7-21(20)8-10-28(11-9-21)19-25-12-16(18-27-26-13-29(18)19)30-15-5-2-4-14(22)17(15)23/h2,4-5,12-13H,3,6-11,24H2,1H3. The maximum atomic E-state index is 6.68. The van der Waals surface area contributed by atoms with Crippen molar-refractivity contribution in [1.29, 1.82) is 0 Å². The number of piperidine rings is 1. The highest BCUT2D eigenvalue weighted by atomic mass is 35.5. The summed E-state index contributed by atoms with van der Waals surface area (Å²) in [7, 11) is 0. The molecule has 0 amide bonds. The Kier molecular flexibility index (Phi) is 5.13.